The lowest BCUT2D eigenvalue weighted by Crippen LogP contribution is -2.20. The van der Waals surface area contributed by atoms with Crippen LogP contribution in [-0.2, 0) is 32.3 Å². The minimum atomic E-state index is -0.129. The molecule has 0 saturated carbocycles. The minimum Gasteiger partial charge on any atom is -0.461 e. The third kappa shape index (κ3) is 14.0. The summed E-state index contributed by atoms with van der Waals surface area (Å²) in [6, 6.07) is 19.6. The molecule has 0 spiro atoms. The van der Waals surface area contributed by atoms with E-state index < -0.39 is 0 Å². The Morgan fingerprint density at radius 2 is 0.972 bits per heavy atom. The van der Waals surface area contributed by atoms with Gasteiger partial charge in [-0.2, -0.15) is 23.5 Å². The molecule has 198 valence electrons. The summed E-state index contributed by atoms with van der Waals surface area (Å²) in [5, 5.41) is 0. The molecule has 0 heterocycles. The van der Waals surface area contributed by atoms with Gasteiger partial charge in [-0.05, 0) is 46.3 Å². The molecule has 0 N–H and O–H groups in total. The SMILES string of the molecule is CC(C)(CCSCCSCCC(C)(C)CC(=O)OCc1ccccc1)CC(=O)OCc1ccccc1. The van der Waals surface area contributed by atoms with E-state index in [1.165, 1.54) is 0 Å². The molecule has 0 aliphatic carbocycles. The number of rotatable bonds is 17. The summed E-state index contributed by atoms with van der Waals surface area (Å²) in [5.41, 5.74) is 1.91. The van der Waals surface area contributed by atoms with Crippen molar-refractivity contribution in [3.8, 4) is 0 Å². The van der Waals surface area contributed by atoms with Crippen LogP contribution in [-0.4, -0.2) is 35.0 Å². The van der Waals surface area contributed by atoms with E-state index in [0.717, 1.165) is 47.0 Å². The number of benzene rings is 2. The van der Waals surface area contributed by atoms with Crippen molar-refractivity contribution in [3.05, 3.63) is 71.8 Å². The van der Waals surface area contributed by atoms with Crippen LogP contribution in [0.2, 0.25) is 0 Å². The lowest BCUT2D eigenvalue weighted by molar-refractivity contribution is -0.148. The summed E-state index contributed by atoms with van der Waals surface area (Å²) in [4.78, 5) is 24.5. The highest BCUT2D eigenvalue weighted by molar-refractivity contribution is 8.02. The first-order chi connectivity index (χ1) is 17.2. The molecule has 0 unspecified atom stereocenters. The number of esters is 2. The van der Waals surface area contributed by atoms with E-state index in [-0.39, 0.29) is 22.8 Å². The van der Waals surface area contributed by atoms with Gasteiger partial charge < -0.3 is 9.47 Å². The van der Waals surface area contributed by atoms with Gasteiger partial charge in [0.05, 0.1) is 12.8 Å². The Kier molecular flexibility index (Phi) is 13.5. The smallest absolute Gasteiger partial charge is 0.306 e. The molecule has 36 heavy (non-hydrogen) atoms. The quantitative estimate of drug-likeness (QED) is 0.155. The fourth-order valence-electron chi connectivity index (χ4n) is 3.56. The topological polar surface area (TPSA) is 52.6 Å². The molecule has 0 radical (unpaired) electrons. The predicted octanol–water partition coefficient (Wildman–Crippen LogP) is 7.55. The summed E-state index contributed by atoms with van der Waals surface area (Å²) in [5.74, 6) is 4.01. The first kappa shape index (κ1) is 30.3. The van der Waals surface area contributed by atoms with Crippen LogP contribution in [0.25, 0.3) is 0 Å². The van der Waals surface area contributed by atoms with Gasteiger partial charge in [-0.3, -0.25) is 9.59 Å². The Morgan fingerprint density at radius 3 is 1.33 bits per heavy atom. The van der Waals surface area contributed by atoms with Crippen LogP contribution in [0.5, 0.6) is 0 Å². The van der Waals surface area contributed by atoms with Crippen molar-refractivity contribution in [1.29, 1.82) is 0 Å². The highest BCUT2D eigenvalue weighted by Gasteiger charge is 2.24. The molecule has 0 bridgehead atoms. The van der Waals surface area contributed by atoms with Gasteiger partial charge in [0.15, 0.2) is 0 Å². The highest BCUT2D eigenvalue weighted by atomic mass is 32.2. The van der Waals surface area contributed by atoms with Crippen molar-refractivity contribution in [2.24, 2.45) is 10.8 Å². The van der Waals surface area contributed by atoms with Crippen LogP contribution in [0.1, 0.15) is 64.5 Å². The summed E-state index contributed by atoms with van der Waals surface area (Å²) in [7, 11) is 0. The average Bonchev–Trinajstić information content (AvgIpc) is 2.84. The van der Waals surface area contributed by atoms with Gasteiger partial charge in [0.2, 0.25) is 0 Å². The molecule has 0 saturated heterocycles. The van der Waals surface area contributed by atoms with Crippen LogP contribution in [0.3, 0.4) is 0 Å². The third-order valence-corrected chi connectivity index (χ3v) is 8.18. The van der Waals surface area contributed by atoms with E-state index in [0.29, 0.717) is 26.1 Å². The Balaban J connectivity index is 1.49. The molecule has 6 heteroatoms. The molecule has 0 aliphatic heterocycles. The zero-order valence-electron chi connectivity index (χ0n) is 22.3. The molecule has 0 aromatic heterocycles. The third-order valence-electron chi connectivity index (χ3n) is 5.95. The molecule has 2 aromatic rings. The van der Waals surface area contributed by atoms with Crippen LogP contribution >= 0.6 is 23.5 Å². The van der Waals surface area contributed by atoms with Gasteiger partial charge in [0, 0.05) is 11.5 Å². The fourth-order valence-corrected chi connectivity index (χ4v) is 6.30. The van der Waals surface area contributed by atoms with Gasteiger partial charge >= 0.3 is 11.9 Å². The normalized spacial score (nSPS) is 11.8. The van der Waals surface area contributed by atoms with E-state index in [9.17, 15) is 9.59 Å². The lowest BCUT2D eigenvalue weighted by Gasteiger charge is -2.23. The largest absolute Gasteiger partial charge is 0.461 e. The van der Waals surface area contributed by atoms with Crippen molar-refractivity contribution in [2.75, 3.05) is 23.0 Å². The van der Waals surface area contributed by atoms with E-state index in [1.54, 1.807) is 0 Å². The number of ether oxygens (including phenoxy) is 2. The second kappa shape index (κ2) is 16.0. The van der Waals surface area contributed by atoms with E-state index in [2.05, 4.69) is 27.7 Å². The van der Waals surface area contributed by atoms with Crippen LogP contribution in [0.15, 0.2) is 60.7 Å². The lowest BCUT2D eigenvalue weighted by atomic mass is 9.86. The molecule has 0 fully saturated rings. The molecule has 0 atom stereocenters. The molecule has 2 rings (SSSR count). The van der Waals surface area contributed by atoms with Crippen molar-refractivity contribution in [1.82, 2.24) is 0 Å². The summed E-state index contributed by atoms with van der Waals surface area (Å²) in [6.07, 6.45) is 2.86. The summed E-state index contributed by atoms with van der Waals surface area (Å²) in [6.45, 7) is 9.23. The number of hydrogen-bond donors (Lipinski definition) is 0. The standard InChI is InChI=1S/C30H42O4S2/c1-29(2,21-27(31)33-23-25-11-7-5-8-12-25)15-17-35-19-20-36-18-16-30(3,4)22-28(32)34-24-26-13-9-6-10-14-26/h5-14H,15-24H2,1-4H3. The Labute approximate surface area is 226 Å². The van der Waals surface area contributed by atoms with Crippen molar-refractivity contribution in [2.45, 2.75) is 66.6 Å². The number of thioether (sulfide) groups is 2. The van der Waals surface area contributed by atoms with Crippen molar-refractivity contribution in [3.63, 3.8) is 0 Å². The predicted molar refractivity (Wildman–Crippen MR) is 153 cm³/mol. The number of hydrogen-bond acceptors (Lipinski definition) is 6. The van der Waals surface area contributed by atoms with Gasteiger partial charge in [0.1, 0.15) is 13.2 Å². The first-order valence-corrected chi connectivity index (χ1v) is 15.0. The number of carbonyl (C=O) groups excluding carboxylic acids is 2. The zero-order chi connectivity index (χ0) is 26.3. The molecule has 0 aliphatic rings. The maximum atomic E-state index is 12.2. The fraction of sp³-hybridized carbons (Fsp3) is 0.533. The Morgan fingerprint density at radius 1 is 0.611 bits per heavy atom. The van der Waals surface area contributed by atoms with Gasteiger partial charge in [-0.15, -0.1) is 0 Å². The Hall–Kier alpha value is -1.92. The maximum Gasteiger partial charge on any atom is 0.306 e. The monoisotopic (exact) mass is 530 g/mol. The zero-order valence-corrected chi connectivity index (χ0v) is 23.9. The van der Waals surface area contributed by atoms with Gasteiger partial charge in [0.25, 0.3) is 0 Å². The van der Waals surface area contributed by atoms with E-state index in [4.69, 9.17) is 9.47 Å². The van der Waals surface area contributed by atoms with E-state index in [1.807, 2.05) is 84.2 Å². The van der Waals surface area contributed by atoms with Crippen molar-refractivity contribution < 1.29 is 19.1 Å². The van der Waals surface area contributed by atoms with Gasteiger partial charge in [-0.1, -0.05) is 88.4 Å². The molecule has 2 aromatic carbocycles. The van der Waals surface area contributed by atoms with Crippen molar-refractivity contribution >= 4 is 35.5 Å². The van der Waals surface area contributed by atoms with Gasteiger partial charge in [-0.25, -0.2) is 0 Å². The minimum absolute atomic E-state index is 0.0624. The Bertz CT molecular complexity index is 822. The second-order valence-corrected chi connectivity index (χ2v) is 13.1. The van der Waals surface area contributed by atoms with Crippen LogP contribution < -0.4 is 0 Å². The van der Waals surface area contributed by atoms with Crippen LogP contribution in [0.4, 0.5) is 0 Å². The second-order valence-electron chi connectivity index (χ2n) is 10.7. The van der Waals surface area contributed by atoms with Crippen LogP contribution in [0, 0.1) is 10.8 Å². The summed E-state index contributed by atoms with van der Waals surface area (Å²) < 4.78 is 10.9. The average molecular weight is 531 g/mol. The maximum absolute atomic E-state index is 12.2. The highest BCUT2D eigenvalue weighted by Crippen LogP contribution is 2.29. The molecular formula is C30H42O4S2. The molecular weight excluding hydrogens is 488 g/mol. The summed E-state index contributed by atoms with van der Waals surface area (Å²) >= 11 is 3.89. The molecule has 0 amide bonds. The molecule has 4 nitrogen and oxygen atoms in total. The first-order valence-electron chi connectivity index (χ1n) is 12.7. The van der Waals surface area contributed by atoms with E-state index >= 15 is 0 Å². The number of carbonyl (C=O) groups is 2.